The van der Waals surface area contributed by atoms with Gasteiger partial charge in [0.25, 0.3) is 5.95 Å². The van der Waals surface area contributed by atoms with Crippen molar-refractivity contribution in [2.75, 3.05) is 7.11 Å². The second-order valence-electron chi connectivity index (χ2n) is 2.03. The van der Waals surface area contributed by atoms with Crippen molar-refractivity contribution in [2.45, 2.75) is 6.92 Å². The maximum absolute atomic E-state index is 12.6. The molecule has 0 N–H and O–H groups in total. The fourth-order valence-corrected chi connectivity index (χ4v) is 0.780. The van der Waals surface area contributed by atoms with Gasteiger partial charge in [0.15, 0.2) is 5.75 Å². The van der Waals surface area contributed by atoms with Crippen LogP contribution < -0.4 is 4.74 Å². The number of ether oxygens (including phenoxy) is 1. The maximum Gasteiger partial charge on any atom is 0.274 e. The molecule has 3 nitrogen and oxygen atoms in total. The van der Waals surface area contributed by atoms with Crippen LogP contribution >= 0.6 is 0 Å². The van der Waals surface area contributed by atoms with Crippen molar-refractivity contribution in [3.05, 3.63) is 11.6 Å². The summed E-state index contributed by atoms with van der Waals surface area (Å²) in [6.45, 7) is 1.74. The van der Waals surface area contributed by atoms with Gasteiger partial charge in [0.05, 0.1) is 12.8 Å². The first kappa shape index (κ1) is 7.05. The number of methoxy groups -OCH3 is 1. The van der Waals surface area contributed by atoms with Gasteiger partial charge in [-0.05, 0) is 6.92 Å². The summed E-state index contributed by atoms with van der Waals surface area (Å²) in [4.78, 5) is 0. The van der Waals surface area contributed by atoms with Crippen LogP contribution in [0.4, 0.5) is 4.39 Å². The van der Waals surface area contributed by atoms with Gasteiger partial charge in [0.1, 0.15) is 0 Å². The highest BCUT2D eigenvalue weighted by molar-refractivity contribution is 5.24. The Labute approximate surface area is 58.4 Å². The fraction of sp³-hybridized carbons (Fsp3) is 0.500. The zero-order valence-corrected chi connectivity index (χ0v) is 6.18. The lowest BCUT2D eigenvalue weighted by Crippen LogP contribution is -1.92. The Morgan fingerprint density at radius 1 is 1.60 bits per heavy atom. The van der Waals surface area contributed by atoms with E-state index >= 15 is 0 Å². The van der Waals surface area contributed by atoms with Gasteiger partial charge in [0, 0.05) is 7.05 Å². The van der Waals surface area contributed by atoms with Crippen molar-refractivity contribution in [3.8, 4) is 5.75 Å². The molecule has 0 fully saturated rings. The third-order valence-electron chi connectivity index (χ3n) is 1.44. The molecular weight excluding hydrogens is 135 g/mol. The van der Waals surface area contributed by atoms with Crippen molar-refractivity contribution in [1.82, 2.24) is 9.78 Å². The van der Waals surface area contributed by atoms with Crippen LogP contribution in [0.1, 0.15) is 5.69 Å². The molecule has 0 aliphatic heterocycles. The highest BCUT2D eigenvalue weighted by atomic mass is 19.1. The molecule has 0 atom stereocenters. The number of aryl methyl sites for hydroxylation is 1. The van der Waals surface area contributed by atoms with E-state index < -0.39 is 5.95 Å². The van der Waals surface area contributed by atoms with Gasteiger partial charge in [-0.25, -0.2) is 0 Å². The number of nitrogens with zero attached hydrogens (tertiary/aromatic N) is 2. The lowest BCUT2D eigenvalue weighted by molar-refractivity contribution is 0.381. The molecule has 0 aromatic carbocycles. The Kier molecular flexibility index (Phi) is 1.61. The van der Waals surface area contributed by atoms with Gasteiger partial charge in [-0.2, -0.15) is 4.39 Å². The molecule has 56 valence electrons. The zero-order chi connectivity index (χ0) is 7.72. The van der Waals surface area contributed by atoms with Crippen molar-refractivity contribution in [3.63, 3.8) is 0 Å². The van der Waals surface area contributed by atoms with Crippen LogP contribution in [0.5, 0.6) is 5.75 Å². The summed E-state index contributed by atoms with van der Waals surface area (Å²) >= 11 is 0. The minimum Gasteiger partial charge on any atom is -0.490 e. The monoisotopic (exact) mass is 144 g/mol. The summed E-state index contributed by atoms with van der Waals surface area (Å²) < 4.78 is 18.8. The van der Waals surface area contributed by atoms with E-state index in [0.29, 0.717) is 5.69 Å². The van der Waals surface area contributed by atoms with Crippen LogP contribution in [0.2, 0.25) is 0 Å². The molecule has 1 aromatic heterocycles. The van der Waals surface area contributed by atoms with Gasteiger partial charge in [-0.15, -0.1) is 5.10 Å². The summed E-state index contributed by atoms with van der Waals surface area (Å²) in [5.41, 5.74) is 0.694. The SMILES string of the molecule is COc1c(F)nn(C)c1C. The highest BCUT2D eigenvalue weighted by Gasteiger charge is 2.11. The lowest BCUT2D eigenvalue weighted by atomic mass is 10.4. The second kappa shape index (κ2) is 2.28. The van der Waals surface area contributed by atoms with Crippen molar-refractivity contribution in [2.24, 2.45) is 7.05 Å². The molecule has 1 heterocycles. The summed E-state index contributed by atoms with van der Waals surface area (Å²) in [5.74, 6) is -0.329. The number of rotatable bonds is 1. The summed E-state index contributed by atoms with van der Waals surface area (Å²) in [6, 6.07) is 0. The van der Waals surface area contributed by atoms with Crippen molar-refractivity contribution in [1.29, 1.82) is 0 Å². The summed E-state index contributed by atoms with van der Waals surface area (Å²) in [6.07, 6.45) is 0. The highest BCUT2D eigenvalue weighted by Crippen LogP contribution is 2.19. The predicted octanol–water partition coefficient (Wildman–Crippen LogP) is 0.876. The van der Waals surface area contributed by atoms with E-state index in [1.165, 1.54) is 11.8 Å². The van der Waals surface area contributed by atoms with Crippen LogP contribution in [0, 0.1) is 12.9 Å². The molecule has 0 amide bonds. The molecule has 0 saturated heterocycles. The number of hydrogen-bond donors (Lipinski definition) is 0. The molecule has 0 bridgehead atoms. The van der Waals surface area contributed by atoms with E-state index in [0.717, 1.165) is 0 Å². The largest absolute Gasteiger partial charge is 0.490 e. The third kappa shape index (κ3) is 0.853. The molecule has 0 spiro atoms. The third-order valence-corrected chi connectivity index (χ3v) is 1.44. The zero-order valence-electron chi connectivity index (χ0n) is 6.18. The molecule has 1 rings (SSSR count). The normalized spacial score (nSPS) is 10.0. The van der Waals surface area contributed by atoms with Crippen molar-refractivity contribution >= 4 is 0 Å². The Morgan fingerprint density at radius 2 is 2.20 bits per heavy atom. The topological polar surface area (TPSA) is 27.1 Å². The Balaban J connectivity index is 3.20. The van der Waals surface area contributed by atoms with E-state index in [9.17, 15) is 4.39 Å². The van der Waals surface area contributed by atoms with Crippen LogP contribution in [0.15, 0.2) is 0 Å². The number of aromatic nitrogens is 2. The van der Waals surface area contributed by atoms with E-state index in [1.54, 1.807) is 14.0 Å². The van der Waals surface area contributed by atoms with Crippen LogP contribution in [-0.4, -0.2) is 16.9 Å². The van der Waals surface area contributed by atoms with Crippen molar-refractivity contribution < 1.29 is 9.13 Å². The molecule has 0 unspecified atom stereocenters. The molecule has 0 saturated carbocycles. The number of halogens is 1. The molecule has 0 radical (unpaired) electrons. The molecular formula is C6H9FN2O. The average Bonchev–Trinajstić information content (AvgIpc) is 2.09. The molecule has 0 aliphatic carbocycles. The van der Waals surface area contributed by atoms with Gasteiger partial charge < -0.3 is 4.74 Å². The Bertz CT molecular complexity index is 244. The maximum atomic E-state index is 12.6. The quantitative estimate of drug-likeness (QED) is 0.585. The van der Waals surface area contributed by atoms with E-state index in [4.69, 9.17) is 4.74 Å². The standard InChI is InChI=1S/C6H9FN2O/c1-4-5(10-3)6(7)8-9(4)2/h1-3H3. The molecule has 1 aromatic rings. The van der Waals surface area contributed by atoms with E-state index in [1.807, 2.05) is 0 Å². The first-order valence-electron chi connectivity index (χ1n) is 2.90. The minimum absolute atomic E-state index is 0.225. The van der Waals surface area contributed by atoms with Gasteiger partial charge in [0.2, 0.25) is 0 Å². The van der Waals surface area contributed by atoms with Crippen LogP contribution in [0.3, 0.4) is 0 Å². The predicted molar refractivity (Wildman–Crippen MR) is 34.5 cm³/mol. The van der Waals surface area contributed by atoms with Crippen LogP contribution in [-0.2, 0) is 7.05 Å². The van der Waals surface area contributed by atoms with Gasteiger partial charge in [-0.1, -0.05) is 0 Å². The minimum atomic E-state index is -0.553. The smallest absolute Gasteiger partial charge is 0.274 e. The molecule has 10 heavy (non-hydrogen) atoms. The Hall–Kier alpha value is -1.06. The molecule has 0 aliphatic rings. The van der Waals surface area contributed by atoms with E-state index in [2.05, 4.69) is 5.10 Å². The van der Waals surface area contributed by atoms with E-state index in [-0.39, 0.29) is 5.75 Å². The van der Waals surface area contributed by atoms with Crippen LogP contribution in [0.25, 0.3) is 0 Å². The summed E-state index contributed by atoms with van der Waals surface area (Å²) in [7, 11) is 3.09. The second-order valence-corrected chi connectivity index (χ2v) is 2.03. The fourth-order valence-electron chi connectivity index (χ4n) is 0.780. The first-order valence-corrected chi connectivity index (χ1v) is 2.90. The lowest BCUT2D eigenvalue weighted by Gasteiger charge is -1.95. The van der Waals surface area contributed by atoms with Gasteiger partial charge in [-0.3, -0.25) is 4.68 Å². The van der Waals surface area contributed by atoms with Gasteiger partial charge >= 0.3 is 0 Å². The summed E-state index contributed by atoms with van der Waals surface area (Å²) in [5, 5.41) is 3.51. The molecule has 4 heteroatoms. The Morgan fingerprint density at radius 3 is 2.40 bits per heavy atom. The first-order chi connectivity index (χ1) is 4.66. The number of hydrogen-bond acceptors (Lipinski definition) is 2. The average molecular weight is 144 g/mol.